The number of carbonyl (C=O) groups is 1. The van der Waals surface area contributed by atoms with E-state index in [9.17, 15) is 14.9 Å². The Morgan fingerprint density at radius 2 is 2.29 bits per heavy atom. The number of rotatable bonds is 5. The van der Waals surface area contributed by atoms with Crippen LogP contribution < -0.4 is 5.32 Å². The second-order valence-corrected chi connectivity index (χ2v) is 3.55. The van der Waals surface area contributed by atoms with Crippen molar-refractivity contribution in [1.82, 2.24) is 5.32 Å². The molecule has 17 heavy (non-hydrogen) atoms. The number of ether oxygens (including phenoxy) is 1. The highest BCUT2D eigenvalue weighted by Gasteiger charge is 2.23. The van der Waals surface area contributed by atoms with Crippen LogP contribution >= 0.6 is 11.6 Å². The first-order valence-electron chi connectivity index (χ1n) is 4.78. The number of nitro benzene ring substituents is 1. The summed E-state index contributed by atoms with van der Waals surface area (Å²) in [6.07, 6.45) is 0. The lowest BCUT2D eigenvalue weighted by Crippen LogP contribution is -2.27. The Bertz CT molecular complexity index is 436. The minimum atomic E-state index is -0.673. The minimum Gasteiger partial charge on any atom is -0.383 e. The molecule has 0 aliphatic carbocycles. The van der Waals surface area contributed by atoms with E-state index in [-0.39, 0.29) is 22.8 Å². The van der Waals surface area contributed by atoms with Gasteiger partial charge in [0.2, 0.25) is 0 Å². The van der Waals surface area contributed by atoms with Gasteiger partial charge in [-0.15, -0.1) is 0 Å². The van der Waals surface area contributed by atoms with E-state index in [4.69, 9.17) is 16.3 Å². The first-order chi connectivity index (χ1) is 8.07. The molecule has 0 saturated heterocycles. The molecule has 1 aromatic rings. The first kappa shape index (κ1) is 13.4. The maximum absolute atomic E-state index is 11.7. The van der Waals surface area contributed by atoms with Crippen molar-refractivity contribution in [2.45, 2.75) is 0 Å². The van der Waals surface area contributed by atoms with E-state index < -0.39 is 10.8 Å². The third kappa shape index (κ3) is 3.40. The number of hydrogen-bond acceptors (Lipinski definition) is 4. The monoisotopic (exact) mass is 258 g/mol. The lowest BCUT2D eigenvalue weighted by Gasteiger charge is -2.05. The highest BCUT2D eigenvalue weighted by Crippen LogP contribution is 2.27. The summed E-state index contributed by atoms with van der Waals surface area (Å²) in [5.74, 6) is -0.545. The van der Waals surface area contributed by atoms with Gasteiger partial charge in [-0.05, 0) is 12.1 Å². The summed E-state index contributed by atoms with van der Waals surface area (Å²) in [7, 11) is 1.49. The molecule has 0 radical (unpaired) electrons. The van der Waals surface area contributed by atoms with Crippen molar-refractivity contribution in [3.63, 3.8) is 0 Å². The fraction of sp³-hybridized carbons (Fsp3) is 0.300. The van der Waals surface area contributed by atoms with Crippen molar-refractivity contribution < 1.29 is 14.5 Å². The summed E-state index contributed by atoms with van der Waals surface area (Å²) < 4.78 is 4.75. The van der Waals surface area contributed by atoms with Crippen LogP contribution in [0.4, 0.5) is 5.69 Å². The second kappa shape index (κ2) is 6.17. The van der Waals surface area contributed by atoms with Crippen LogP contribution in [0.25, 0.3) is 0 Å². The number of nitrogens with zero attached hydrogens (tertiary/aromatic N) is 1. The molecule has 0 atom stereocenters. The fourth-order valence-corrected chi connectivity index (χ4v) is 1.49. The zero-order chi connectivity index (χ0) is 12.8. The topological polar surface area (TPSA) is 81.5 Å². The van der Waals surface area contributed by atoms with Gasteiger partial charge in [-0.1, -0.05) is 17.7 Å². The average Bonchev–Trinajstić information content (AvgIpc) is 2.28. The molecule has 0 bridgehead atoms. The lowest BCUT2D eigenvalue weighted by atomic mass is 10.1. The van der Waals surface area contributed by atoms with Crippen molar-refractivity contribution in [1.29, 1.82) is 0 Å². The van der Waals surface area contributed by atoms with Crippen molar-refractivity contribution in [3.8, 4) is 0 Å². The molecule has 0 fully saturated rings. The standard InChI is InChI=1S/C10H11ClN2O4/c1-17-6-5-12-10(14)7-3-2-4-8(11)9(7)13(15)16/h2-4H,5-6H2,1H3,(H,12,14). The third-order valence-corrected chi connectivity index (χ3v) is 2.31. The minimum absolute atomic E-state index is 0.0568. The highest BCUT2D eigenvalue weighted by atomic mass is 35.5. The molecule has 0 heterocycles. The molecular formula is C10H11ClN2O4. The average molecular weight is 259 g/mol. The van der Waals surface area contributed by atoms with E-state index >= 15 is 0 Å². The zero-order valence-corrected chi connectivity index (χ0v) is 9.86. The van der Waals surface area contributed by atoms with Gasteiger partial charge >= 0.3 is 5.69 Å². The SMILES string of the molecule is COCCNC(=O)c1cccc(Cl)c1[N+](=O)[O-]. The Balaban J connectivity index is 2.93. The molecule has 7 heteroatoms. The summed E-state index contributed by atoms with van der Waals surface area (Å²) in [6, 6.07) is 4.21. The lowest BCUT2D eigenvalue weighted by molar-refractivity contribution is -0.385. The number of amides is 1. The summed E-state index contributed by atoms with van der Waals surface area (Å²) in [4.78, 5) is 21.8. The van der Waals surface area contributed by atoms with Crippen molar-refractivity contribution in [3.05, 3.63) is 38.9 Å². The molecule has 1 aromatic carbocycles. The second-order valence-electron chi connectivity index (χ2n) is 3.14. The molecule has 0 spiro atoms. The van der Waals surface area contributed by atoms with Crippen LogP contribution in [0.1, 0.15) is 10.4 Å². The molecule has 1 rings (SSSR count). The molecular weight excluding hydrogens is 248 g/mol. The molecule has 92 valence electrons. The van der Waals surface area contributed by atoms with E-state index in [0.29, 0.717) is 6.61 Å². The number of para-hydroxylation sites is 1. The predicted octanol–water partition coefficient (Wildman–Crippen LogP) is 1.62. The first-order valence-corrected chi connectivity index (χ1v) is 5.15. The number of halogens is 1. The third-order valence-electron chi connectivity index (χ3n) is 2.01. The van der Waals surface area contributed by atoms with Gasteiger partial charge in [0.15, 0.2) is 0 Å². The van der Waals surface area contributed by atoms with E-state index in [1.165, 1.54) is 25.3 Å². The van der Waals surface area contributed by atoms with Crippen LogP contribution in [-0.4, -0.2) is 31.1 Å². The molecule has 0 aliphatic rings. The fourth-order valence-electron chi connectivity index (χ4n) is 1.25. The van der Waals surface area contributed by atoms with Gasteiger partial charge in [0.1, 0.15) is 10.6 Å². The zero-order valence-electron chi connectivity index (χ0n) is 9.10. The predicted molar refractivity (Wildman–Crippen MR) is 62.3 cm³/mol. The Labute approximate surface area is 103 Å². The molecule has 0 unspecified atom stereocenters. The van der Waals surface area contributed by atoms with Gasteiger partial charge in [0, 0.05) is 13.7 Å². The number of methoxy groups -OCH3 is 1. The maximum Gasteiger partial charge on any atom is 0.300 e. The molecule has 0 saturated carbocycles. The van der Waals surface area contributed by atoms with Gasteiger partial charge < -0.3 is 10.1 Å². The number of benzene rings is 1. The summed E-state index contributed by atoms with van der Waals surface area (Å²) >= 11 is 5.68. The van der Waals surface area contributed by atoms with E-state index in [2.05, 4.69) is 5.32 Å². The Morgan fingerprint density at radius 3 is 2.88 bits per heavy atom. The van der Waals surface area contributed by atoms with Crippen LogP contribution in [0, 0.1) is 10.1 Å². The van der Waals surface area contributed by atoms with Crippen LogP contribution in [0.15, 0.2) is 18.2 Å². The van der Waals surface area contributed by atoms with Gasteiger partial charge in [-0.25, -0.2) is 0 Å². The quantitative estimate of drug-likeness (QED) is 0.494. The summed E-state index contributed by atoms with van der Waals surface area (Å²) in [6.45, 7) is 0.610. The number of nitrogens with one attached hydrogen (secondary N) is 1. The van der Waals surface area contributed by atoms with Gasteiger partial charge in [0.05, 0.1) is 11.5 Å². The van der Waals surface area contributed by atoms with E-state index in [1.807, 2.05) is 0 Å². The molecule has 1 amide bonds. The smallest absolute Gasteiger partial charge is 0.300 e. The Hall–Kier alpha value is -1.66. The van der Waals surface area contributed by atoms with Crippen molar-refractivity contribution >= 4 is 23.2 Å². The van der Waals surface area contributed by atoms with Gasteiger partial charge in [-0.3, -0.25) is 14.9 Å². The highest BCUT2D eigenvalue weighted by molar-refractivity contribution is 6.33. The van der Waals surface area contributed by atoms with Crippen molar-refractivity contribution in [2.75, 3.05) is 20.3 Å². The normalized spacial score (nSPS) is 10.0. The van der Waals surface area contributed by atoms with Gasteiger partial charge in [0.25, 0.3) is 5.91 Å². The Morgan fingerprint density at radius 1 is 1.59 bits per heavy atom. The van der Waals surface area contributed by atoms with E-state index in [1.54, 1.807) is 0 Å². The van der Waals surface area contributed by atoms with Gasteiger partial charge in [-0.2, -0.15) is 0 Å². The number of carbonyl (C=O) groups excluding carboxylic acids is 1. The molecule has 0 aliphatic heterocycles. The van der Waals surface area contributed by atoms with E-state index in [0.717, 1.165) is 0 Å². The molecule has 0 aromatic heterocycles. The van der Waals surface area contributed by atoms with Crippen LogP contribution in [0.3, 0.4) is 0 Å². The summed E-state index contributed by atoms with van der Waals surface area (Å²) in [5.41, 5.74) is -0.442. The van der Waals surface area contributed by atoms with Crippen molar-refractivity contribution in [2.24, 2.45) is 0 Å². The summed E-state index contributed by atoms with van der Waals surface area (Å²) in [5, 5.41) is 13.2. The van der Waals surface area contributed by atoms with Crippen LogP contribution in [-0.2, 0) is 4.74 Å². The number of hydrogen-bond donors (Lipinski definition) is 1. The number of nitro groups is 1. The largest absolute Gasteiger partial charge is 0.383 e. The molecule has 1 N–H and O–H groups in total. The van der Waals surface area contributed by atoms with Crippen LogP contribution in [0.5, 0.6) is 0 Å². The van der Waals surface area contributed by atoms with Crippen LogP contribution in [0.2, 0.25) is 5.02 Å². The Kier molecular flexibility index (Phi) is 4.86. The molecule has 6 nitrogen and oxygen atoms in total. The maximum atomic E-state index is 11.7.